The zero-order chi connectivity index (χ0) is 12.5. The Morgan fingerprint density at radius 1 is 1.59 bits per heavy atom. The predicted molar refractivity (Wildman–Crippen MR) is 64.0 cm³/mol. The molecule has 1 aromatic rings. The minimum atomic E-state index is -3.15. The molecule has 1 aliphatic heterocycles. The van der Waals surface area contributed by atoms with Crippen LogP contribution in [0.4, 0.5) is 0 Å². The van der Waals surface area contributed by atoms with Crippen molar-refractivity contribution in [1.82, 2.24) is 9.46 Å². The third kappa shape index (κ3) is 2.52. The fourth-order valence-corrected chi connectivity index (χ4v) is 4.03. The van der Waals surface area contributed by atoms with Crippen LogP contribution >= 0.6 is 0 Å². The molecule has 1 atom stereocenters. The van der Waals surface area contributed by atoms with Crippen molar-refractivity contribution in [3.8, 4) is 0 Å². The van der Waals surface area contributed by atoms with Gasteiger partial charge >= 0.3 is 0 Å². The molecule has 1 saturated heterocycles. The SMILES string of the molecule is CCCS(=O)(=O)N1CCC[C@@H]1c1cc(C)no1. The van der Waals surface area contributed by atoms with E-state index >= 15 is 0 Å². The normalized spacial score (nSPS) is 22.1. The van der Waals surface area contributed by atoms with Crippen molar-refractivity contribution in [2.75, 3.05) is 12.3 Å². The van der Waals surface area contributed by atoms with Crippen LogP contribution in [0.2, 0.25) is 0 Å². The van der Waals surface area contributed by atoms with Gasteiger partial charge in [-0.05, 0) is 26.2 Å². The van der Waals surface area contributed by atoms with Gasteiger partial charge in [0.2, 0.25) is 10.0 Å². The van der Waals surface area contributed by atoms with E-state index in [2.05, 4.69) is 5.16 Å². The van der Waals surface area contributed by atoms with Gasteiger partial charge in [-0.3, -0.25) is 0 Å². The Hall–Kier alpha value is -0.880. The summed E-state index contributed by atoms with van der Waals surface area (Å²) in [5.41, 5.74) is 0.791. The molecule has 0 bridgehead atoms. The van der Waals surface area contributed by atoms with Crippen LogP contribution in [0.1, 0.15) is 43.7 Å². The van der Waals surface area contributed by atoms with Gasteiger partial charge in [0.1, 0.15) is 0 Å². The smallest absolute Gasteiger partial charge is 0.214 e. The number of aromatic nitrogens is 1. The quantitative estimate of drug-likeness (QED) is 0.827. The molecule has 96 valence electrons. The second kappa shape index (κ2) is 4.78. The molecule has 0 N–H and O–H groups in total. The molecule has 0 radical (unpaired) electrons. The van der Waals surface area contributed by atoms with Gasteiger partial charge in [-0.2, -0.15) is 4.31 Å². The van der Waals surface area contributed by atoms with Crippen molar-refractivity contribution in [2.45, 2.75) is 39.2 Å². The number of sulfonamides is 1. The Morgan fingerprint density at radius 3 is 2.94 bits per heavy atom. The summed E-state index contributed by atoms with van der Waals surface area (Å²) in [6, 6.07) is 1.66. The van der Waals surface area contributed by atoms with Crippen LogP contribution in [0, 0.1) is 6.92 Å². The third-order valence-corrected chi connectivity index (χ3v) is 5.07. The molecular weight excluding hydrogens is 240 g/mol. The van der Waals surface area contributed by atoms with Crippen LogP contribution in [0.15, 0.2) is 10.6 Å². The molecule has 5 nitrogen and oxygen atoms in total. The monoisotopic (exact) mass is 258 g/mol. The molecule has 2 heterocycles. The maximum atomic E-state index is 12.1. The molecule has 17 heavy (non-hydrogen) atoms. The van der Waals surface area contributed by atoms with Gasteiger partial charge in [0.05, 0.1) is 17.5 Å². The minimum absolute atomic E-state index is 0.159. The molecule has 1 aliphatic rings. The van der Waals surface area contributed by atoms with Gasteiger partial charge in [-0.1, -0.05) is 12.1 Å². The molecule has 6 heteroatoms. The number of hydrogen-bond donors (Lipinski definition) is 0. The van der Waals surface area contributed by atoms with E-state index in [4.69, 9.17) is 4.52 Å². The maximum absolute atomic E-state index is 12.1. The molecule has 0 aliphatic carbocycles. The van der Waals surface area contributed by atoms with Gasteiger partial charge in [0, 0.05) is 12.6 Å². The lowest BCUT2D eigenvalue weighted by Gasteiger charge is -2.21. The summed E-state index contributed by atoms with van der Waals surface area (Å²) in [5.74, 6) is 0.871. The lowest BCUT2D eigenvalue weighted by atomic mass is 10.2. The van der Waals surface area contributed by atoms with E-state index in [0.29, 0.717) is 18.7 Å². The zero-order valence-corrected chi connectivity index (χ0v) is 11.0. The highest BCUT2D eigenvalue weighted by molar-refractivity contribution is 7.89. The molecule has 0 aromatic carbocycles. The number of aryl methyl sites for hydroxylation is 1. The topological polar surface area (TPSA) is 63.4 Å². The first-order chi connectivity index (χ1) is 8.04. The van der Waals surface area contributed by atoms with E-state index < -0.39 is 10.0 Å². The van der Waals surface area contributed by atoms with Crippen molar-refractivity contribution in [3.63, 3.8) is 0 Å². The summed E-state index contributed by atoms with van der Waals surface area (Å²) < 4.78 is 30.9. The Labute approximate surface area is 102 Å². The van der Waals surface area contributed by atoms with Gasteiger partial charge in [0.25, 0.3) is 0 Å². The van der Waals surface area contributed by atoms with E-state index in [1.807, 2.05) is 19.9 Å². The lowest BCUT2D eigenvalue weighted by Crippen LogP contribution is -2.32. The summed E-state index contributed by atoms with van der Waals surface area (Å²) in [6.45, 7) is 4.31. The summed E-state index contributed by atoms with van der Waals surface area (Å²) in [5, 5.41) is 3.83. The fraction of sp³-hybridized carbons (Fsp3) is 0.727. The molecule has 0 amide bonds. The highest BCUT2D eigenvalue weighted by Gasteiger charge is 2.36. The number of hydrogen-bond acceptors (Lipinski definition) is 4. The first-order valence-corrected chi connectivity index (χ1v) is 7.58. The first kappa shape index (κ1) is 12.6. The number of nitrogens with zero attached hydrogens (tertiary/aromatic N) is 2. The Balaban J connectivity index is 2.24. The lowest BCUT2D eigenvalue weighted by molar-refractivity contribution is 0.297. The maximum Gasteiger partial charge on any atom is 0.214 e. The highest BCUT2D eigenvalue weighted by Crippen LogP contribution is 2.34. The third-order valence-electron chi connectivity index (χ3n) is 3.00. The van der Waals surface area contributed by atoms with E-state index in [1.165, 1.54) is 0 Å². The fourth-order valence-electron chi connectivity index (χ4n) is 2.27. The second-order valence-corrected chi connectivity index (χ2v) is 6.50. The van der Waals surface area contributed by atoms with E-state index in [-0.39, 0.29) is 11.8 Å². The summed E-state index contributed by atoms with van der Waals surface area (Å²) in [7, 11) is -3.15. The summed E-state index contributed by atoms with van der Waals surface area (Å²) in [6.07, 6.45) is 2.34. The van der Waals surface area contributed by atoms with Crippen LogP contribution < -0.4 is 0 Å². The van der Waals surface area contributed by atoms with Gasteiger partial charge in [0.15, 0.2) is 5.76 Å². The average molecular weight is 258 g/mol. The molecule has 0 spiro atoms. The first-order valence-electron chi connectivity index (χ1n) is 5.97. The Kier molecular flexibility index (Phi) is 3.53. The Bertz CT molecular complexity index is 481. The van der Waals surface area contributed by atoms with Crippen molar-refractivity contribution < 1.29 is 12.9 Å². The largest absolute Gasteiger partial charge is 0.359 e. The van der Waals surface area contributed by atoms with Crippen LogP contribution in [-0.2, 0) is 10.0 Å². The standard InChI is InChI=1S/C11H18N2O3S/c1-3-7-17(14,15)13-6-4-5-10(13)11-8-9(2)12-16-11/h8,10H,3-7H2,1-2H3/t10-/m1/s1. The van der Waals surface area contributed by atoms with Crippen molar-refractivity contribution >= 4 is 10.0 Å². The zero-order valence-electron chi connectivity index (χ0n) is 10.2. The second-order valence-electron chi connectivity index (χ2n) is 4.46. The van der Waals surface area contributed by atoms with Crippen LogP contribution in [0.25, 0.3) is 0 Å². The minimum Gasteiger partial charge on any atom is -0.359 e. The predicted octanol–water partition coefficient (Wildman–Crippen LogP) is 1.86. The molecule has 0 saturated carbocycles. The van der Waals surface area contributed by atoms with Crippen LogP contribution in [-0.4, -0.2) is 30.2 Å². The molecule has 1 aromatic heterocycles. The van der Waals surface area contributed by atoms with E-state index in [1.54, 1.807) is 4.31 Å². The molecular formula is C11H18N2O3S. The number of rotatable bonds is 4. The van der Waals surface area contributed by atoms with Crippen molar-refractivity contribution in [1.29, 1.82) is 0 Å². The summed E-state index contributed by atoms with van der Waals surface area (Å²) >= 11 is 0. The van der Waals surface area contributed by atoms with Crippen LogP contribution in [0.5, 0.6) is 0 Å². The molecule has 1 fully saturated rings. The van der Waals surface area contributed by atoms with E-state index in [9.17, 15) is 8.42 Å². The van der Waals surface area contributed by atoms with Crippen molar-refractivity contribution in [2.24, 2.45) is 0 Å². The van der Waals surface area contributed by atoms with Crippen LogP contribution in [0.3, 0.4) is 0 Å². The van der Waals surface area contributed by atoms with Gasteiger partial charge < -0.3 is 4.52 Å². The van der Waals surface area contributed by atoms with Gasteiger partial charge in [-0.15, -0.1) is 0 Å². The highest BCUT2D eigenvalue weighted by atomic mass is 32.2. The molecule has 2 rings (SSSR count). The van der Waals surface area contributed by atoms with Gasteiger partial charge in [-0.25, -0.2) is 8.42 Å². The molecule has 0 unspecified atom stereocenters. The van der Waals surface area contributed by atoms with E-state index in [0.717, 1.165) is 18.5 Å². The summed E-state index contributed by atoms with van der Waals surface area (Å²) in [4.78, 5) is 0. The Morgan fingerprint density at radius 2 is 2.35 bits per heavy atom. The average Bonchev–Trinajstić information content (AvgIpc) is 2.84. The van der Waals surface area contributed by atoms with Crippen molar-refractivity contribution in [3.05, 3.63) is 17.5 Å².